The fourth-order valence-corrected chi connectivity index (χ4v) is 2.25. The lowest BCUT2D eigenvalue weighted by Crippen LogP contribution is -2.28. The van der Waals surface area contributed by atoms with Crippen molar-refractivity contribution in [3.63, 3.8) is 0 Å². The molecular formula is C15H18BrN3. The zero-order valence-corrected chi connectivity index (χ0v) is 12.7. The maximum absolute atomic E-state index is 5.98. The summed E-state index contributed by atoms with van der Waals surface area (Å²) in [6, 6.07) is 9.93. The summed E-state index contributed by atoms with van der Waals surface area (Å²) >= 11 is 3.41. The van der Waals surface area contributed by atoms with Crippen LogP contribution in [0.2, 0.25) is 0 Å². The number of aromatic nitrogens is 1. The molecule has 3 nitrogen and oxygen atoms in total. The van der Waals surface area contributed by atoms with Gasteiger partial charge in [0.1, 0.15) is 0 Å². The number of anilines is 2. The topological polar surface area (TPSA) is 50.9 Å². The highest BCUT2D eigenvalue weighted by atomic mass is 79.9. The lowest BCUT2D eigenvalue weighted by molar-refractivity contribution is 0.555. The molecule has 0 unspecified atom stereocenters. The molecule has 3 N–H and O–H groups in total. The Hall–Kier alpha value is -1.55. The molecular weight excluding hydrogens is 302 g/mol. The fourth-order valence-electron chi connectivity index (χ4n) is 1.88. The van der Waals surface area contributed by atoms with Crippen molar-refractivity contribution >= 4 is 27.3 Å². The third-order valence-electron chi connectivity index (χ3n) is 3.18. The van der Waals surface area contributed by atoms with E-state index in [-0.39, 0.29) is 5.41 Å². The van der Waals surface area contributed by atoms with Gasteiger partial charge in [-0.3, -0.25) is 4.98 Å². The molecule has 4 heteroatoms. The molecule has 0 atom stereocenters. The zero-order valence-electron chi connectivity index (χ0n) is 11.2. The van der Waals surface area contributed by atoms with E-state index >= 15 is 0 Å². The van der Waals surface area contributed by atoms with Gasteiger partial charge in [-0.2, -0.15) is 0 Å². The van der Waals surface area contributed by atoms with Gasteiger partial charge >= 0.3 is 0 Å². The monoisotopic (exact) mass is 319 g/mol. The van der Waals surface area contributed by atoms with Crippen molar-refractivity contribution in [1.29, 1.82) is 0 Å². The summed E-state index contributed by atoms with van der Waals surface area (Å²) in [6.07, 6.45) is 3.70. The Bertz CT molecular complexity index is 553. The van der Waals surface area contributed by atoms with Gasteiger partial charge in [-0.15, -0.1) is 0 Å². The standard InChI is InChI=1S/C15H18BrN3/c1-15(2,11-4-3-7-18-9-11)10-19-14-6-5-12(16)8-13(14)17/h3-9,19H,10,17H2,1-2H3. The van der Waals surface area contributed by atoms with Crippen LogP contribution in [0.5, 0.6) is 0 Å². The van der Waals surface area contributed by atoms with Crippen LogP contribution in [0.25, 0.3) is 0 Å². The smallest absolute Gasteiger partial charge is 0.0575 e. The molecule has 19 heavy (non-hydrogen) atoms. The highest BCUT2D eigenvalue weighted by Crippen LogP contribution is 2.26. The summed E-state index contributed by atoms with van der Waals surface area (Å²) in [5.41, 5.74) is 8.89. The number of nitrogens with two attached hydrogens (primary N) is 1. The second-order valence-electron chi connectivity index (χ2n) is 5.21. The molecule has 0 radical (unpaired) electrons. The molecule has 0 bridgehead atoms. The minimum atomic E-state index is -0.00618. The number of halogens is 1. The Kier molecular flexibility index (Phi) is 4.10. The Morgan fingerprint density at radius 3 is 2.74 bits per heavy atom. The highest BCUT2D eigenvalue weighted by Gasteiger charge is 2.20. The van der Waals surface area contributed by atoms with E-state index in [1.165, 1.54) is 5.56 Å². The van der Waals surface area contributed by atoms with Crippen LogP contribution in [0.4, 0.5) is 11.4 Å². The maximum Gasteiger partial charge on any atom is 0.0575 e. The van der Waals surface area contributed by atoms with Crippen molar-refractivity contribution in [2.45, 2.75) is 19.3 Å². The molecule has 0 saturated carbocycles. The molecule has 1 heterocycles. The van der Waals surface area contributed by atoms with Gasteiger partial charge in [-0.1, -0.05) is 35.8 Å². The molecule has 0 fully saturated rings. The van der Waals surface area contributed by atoms with Crippen LogP contribution in [0.3, 0.4) is 0 Å². The number of hydrogen-bond acceptors (Lipinski definition) is 3. The Labute approximate surface area is 122 Å². The molecule has 1 aromatic carbocycles. The van der Waals surface area contributed by atoms with Crippen LogP contribution < -0.4 is 11.1 Å². The molecule has 0 amide bonds. The Morgan fingerprint density at radius 1 is 1.32 bits per heavy atom. The molecule has 0 saturated heterocycles. The van der Waals surface area contributed by atoms with Crippen LogP contribution in [0.1, 0.15) is 19.4 Å². The van der Waals surface area contributed by atoms with Crippen molar-refractivity contribution < 1.29 is 0 Å². The second-order valence-corrected chi connectivity index (χ2v) is 6.13. The predicted molar refractivity (Wildman–Crippen MR) is 84.3 cm³/mol. The van der Waals surface area contributed by atoms with Gasteiger partial charge in [-0.25, -0.2) is 0 Å². The van der Waals surface area contributed by atoms with Crippen molar-refractivity contribution in [1.82, 2.24) is 4.98 Å². The quantitative estimate of drug-likeness (QED) is 0.842. The third-order valence-corrected chi connectivity index (χ3v) is 3.67. The van der Waals surface area contributed by atoms with Gasteiger partial charge < -0.3 is 11.1 Å². The summed E-state index contributed by atoms with van der Waals surface area (Å²) in [6.45, 7) is 5.17. The van der Waals surface area contributed by atoms with E-state index < -0.39 is 0 Å². The molecule has 0 aliphatic heterocycles. The van der Waals surface area contributed by atoms with Crippen LogP contribution in [0.15, 0.2) is 47.2 Å². The fraction of sp³-hybridized carbons (Fsp3) is 0.267. The third kappa shape index (κ3) is 3.47. The number of rotatable bonds is 4. The SMILES string of the molecule is CC(C)(CNc1ccc(Br)cc1N)c1cccnc1. The average Bonchev–Trinajstić information content (AvgIpc) is 2.39. The number of nitrogens with one attached hydrogen (secondary N) is 1. The molecule has 2 aromatic rings. The lowest BCUT2D eigenvalue weighted by Gasteiger charge is -2.26. The molecule has 100 valence electrons. The number of nitrogens with zero attached hydrogens (tertiary/aromatic N) is 1. The molecule has 0 aliphatic carbocycles. The van der Waals surface area contributed by atoms with E-state index in [2.05, 4.69) is 46.1 Å². The number of benzene rings is 1. The predicted octanol–water partition coefficient (Wildman–Crippen LogP) is 3.82. The highest BCUT2D eigenvalue weighted by molar-refractivity contribution is 9.10. The van der Waals surface area contributed by atoms with E-state index in [1.54, 1.807) is 6.20 Å². The van der Waals surface area contributed by atoms with E-state index in [0.717, 1.165) is 22.4 Å². The first-order valence-electron chi connectivity index (χ1n) is 6.18. The van der Waals surface area contributed by atoms with E-state index in [4.69, 9.17) is 5.73 Å². The van der Waals surface area contributed by atoms with Gasteiger partial charge in [0.25, 0.3) is 0 Å². The molecule has 0 spiro atoms. The summed E-state index contributed by atoms with van der Waals surface area (Å²) in [5, 5.41) is 3.41. The van der Waals surface area contributed by atoms with Gasteiger partial charge in [0.2, 0.25) is 0 Å². The van der Waals surface area contributed by atoms with Crippen molar-refractivity contribution in [2.75, 3.05) is 17.6 Å². The van der Waals surface area contributed by atoms with Gasteiger partial charge in [0.05, 0.1) is 11.4 Å². The molecule has 0 aliphatic rings. The van der Waals surface area contributed by atoms with E-state index in [0.29, 0.717) is 0 Å². The summed E-state index contributed by atoms with van der Waals surface area (Å²) in [4.78, 5) is 4.18. The minimum absolute atomic E-state index is 0.00618. The summed E-state index contributed by atoms with van der Waals surface area (Å²) < 4.78 is 0.988. The molecule has 1 aromatic heterocycles. The summed E-state index contributed by atoms with van der Waals surface area (Å²) in [7, 11) is 0. The van der Waals surface area contributed by atoms with Crippen LogP contribution >= 0.6 is 15.9 Å². The minimum Gasteiger partial charge on any atom is -0.397 e. The number of hydrogen-bond donors (Lipinski definition) is 2. The van der Waals surface area contributed by atoms with Gasteiger partial charge in [0.15, 0.2) is 0 Å². The average molecular weight is 320 g/mol. The summed E-state index contributed by atoms with van der Waals surface area (Å²) in [5.74, 6) is 0. The first-order valence-corrected chi connectivity index (χ1v) is 6.98. The van der Waals surface area contributed by atoms with Crippen LogP contribution in [-0.2, 0) is 5.41 Å². The Balaban J connectivity index is 2.09. The van der Waals surface area contributed by atoms with Gasteiger partial charge in [-0.05, 0) is 29.8 Å². The van der Waals surface area contributed by atoms with E-state index in [9.17, 15) is 0 Å². The zero-order chi connectivity index (χ0) is 13.9. The number of nitrogen functional groups attached to an aromatic ring is 1. The van der Waals surface area contributed by atoms with Crippen molar-refractivity contribution in [2.24, 2.45) is 0 Å². The first kappa shape index (κ1) is 13.9. The van der Waals surface area contributed by atoms with E-state index in [1.807, 2.05) is 30.5 Å². The Morgan fingerprint density at radius 2 is 2.11 bits per heavy atom. The maximum atomic E-state index is 5.98. The normalized spacial score (nSPS) is 11.3. The lowest BCUT2D eigenvalue weighted by atomic mass is 9.85. The van der Waals surface area contributed by atoms with Crippen LogP contribution in [0, 0.1) is 0 Å². The largest absolute Gasteiger partial charge is 0.397 e. The van der Waals surface area contributed by atoms with Crippen molar-refractivity contribution in [3.05, 3.63) is 52.8 Å². The number of pyridine rings is 1. The van der Waals surface area contributed by atoms with Crippen molar-refractivity contribution in [3.8, 4) is 0 Å². The second kappa shape index (κ2) is 5.61. The van der Waals surface area contributed by atoms with Crippen LogP contribution in [-0.4, -0.2) is 11.5 Å². The first-order chi connectivity index (χ1) is 8.99. The van der Waals surface area contributed by atoms with Gasteiger partial charge in [0, 0.05) is 28.8 Å². The molecule has 2 rings (SSSR count).